The third-order valence-electron chi connectivity index (χ3n) is 4.52. The van der Waals surface area contributed by atoms with Crippen LogP contribution in [0.1, 0.15) is 19.4 Å². The summed E-state index contributed by atoms with van der Waals surface area (Å²) in [7, 11) is 0. The van der Waals surface area contributed by atoms with E-state index < -0.39 is 17.2 Å². The zero-order valence-electron chi connectivity index (χ0n) is 16.7. The average molecular weight is 399 g/mol. The van der Waals surface area contributed by atoms with Crippen molar-refractivity contribution in [3.8, 4) is 17.6 Å². The predicted octanol–water partition coefficient (Wildman–Crippen LogP) is 4.95. The molecule has 2 amide bonds. The lowest BCUT2D eigenvalue weighted by molar-refractivity contribution is -0.135. The molecular weight excluding hydrogens is 378 g/mol. The van der Waals surface area contributed by atoms with Gasteiger partial charge in [0, 0.05) is 5.69 Å². The molecule has 150 valence electrons. The van der Waals surface area contributed by atoms with Gasteiger partial charge in [0.2, 0.25) is 11.8 Å². The van der Waals surface area contributed by atoms with E-state index in [-0.39, 0.29) is 0 Å². The highest BCUT2D eigenvalue weighted by molar-refractivity contribution is 6.14. The number of para-hydroxylation sites is 2. The van der Waals surface area contributed by atoms with Crippen molar-refractivity contribution >= 4 is 23.2 Å². The molecule has 0 atom stereocenters. The summed E-state index contributed by atoms with van der Waals surface area (Å²) in [6.07, 6.45) is 0. The van der Waals surface area contributed by atoms with Gasteiger partial charge in [0.05, 0.1) is 11.3 Å². The number of rotatable bonds is 6. The molecule has 0 aliphatic carbocycles. The molecule has 0 aromatic heterocycles. The molecule has 3 aromatic carbocycles. The molecule has 30 heavy (non-hydrogen) atoms. The lowest BCUT2D eigenvalue weighted by Gasteiger charge is -2.23. The van der Waals surface area contributed by atoms with Crippen LogP contribution in [0.25, 0.3) is 0 Å². The summed E-state index contributed by atoms with van der Waals surface area (Å²) in [4.78, 5) is 25.4. The summed E-state index contributed by atoms with van der Waals surface area (Å²) in [6.45, 7) is 3.05. The van der Waals surface area contributed by atoms with Gasteiger partial charge < -0.3 is 15.4 Å². The van der Waals surface area contributed by atoms with Gasteiger partial charge in [0.1, 0.15) is 23.0 Å². The summed E-state index contributed by atoms with van der Waals surface area (Å²) >= 11 is 0. The van der Waals surface area contributed by atoms with E-state index in [2.05, 4.69) is 10.6 Å². The lowest BCUT2D eigenvalue weighted by Crippen LogP contribution is -2.41. The zero-order valence-corrected chi connectivity index (χ0v) is 16.7. The van der Waals surface area contributed by atoms with Crippen molar-refractivity contribution in [1.29, 1.82) is 5.26 Å². The quantitative estimate of drug-likeness (QED) is 0.574. The second-order valence-electron chi connectivity index (χ2n) is 7.13. The molecule has 0 fully saturated rings. The van der Waals surface area contributed by atoms with Crippen molar-refractivity contribution in [3.05, 3.63) is 84.4 Å². The van der Waals surface area contributed by atoms with Crippen LogP contribution in [-0.4, -0.2) is 11.8 Å². The van der Waals surface area contributed by atoms with Crippen LogP contribution in [0.15, 0.2) is 78.9 Å². The predicted molar refractivity (Wildman–Crippen MR) is 115 cm³/mol. The first-order valence-electron chi connectivity index (χ1n) is 9.35. The first kappa shape index (κ1) is 20.6. The van der Waals surface area contributed by atoms with E-state index in [1.54, 1.807) is 48.5 Å². The molecule has 0 heterocycles. The number of nitrogens with one attached hydrogen (secondary N) is 2. The summed E-state index contributed by atoms with van der Waals surface area (Å²) in [5.74, 6) is 0.368. The number of carbonyl (C=O) groups is 2. The summed E-state index contributed by atoms with van der Waals surface area (Å²) < 4.78 is 5.73. The van der Waals surface area contributed by atoms with Crippen LogP contribution < -0.4 is 15.4 Å². The maximum absolute atomic E-state index is 12.7. The van der Waals surface area contributed by atoms with Gasteiger partial charge in [-0.3, -0.25) is 9.59 Å². The molecule has 3 aromatic rings. The minimum atomic E-state index is -1.36. The first-order valence-corrected chi connectivity index (χ1v) is 9.35. The molecule has 0 bridgehead atoms. The number of ether oxygens (including phenoxy) is 1. The molecular formula is C24H21N3O3. The van der Waals surface area contributed by atoms with Gasteiger partial charge >= 0.3 is 0 Å². The van der Waals surface area contributed by atoms with Crippen LogP contribution in [-0.2, 0) is 9.59 Å². The third-order valence-corrected chi connectivity index (χ3v) is 4.52. The van der Waals surface area contributed by atoms with Crippen LogP contribution in [0.4, 0.5) is 11.4 Å². The van der Waals surface area contributed by atoms with Gasteiger partial charge in [-0.2, -0.15) is 5.26 Å². The van der Waals surface area contributed by atoms with E-state index >= 15 is 0 Å². The Bertz CT molecular complexity index is 1080. The first-order chi connectivity index (χ1) is 14.4. The SMILES string of the molecule is CC(C)(C(=O)Nc1ccc(Oc2ccccc2)cc1)C(=O)Nc1ccccc1C#N. The Morgan fingerprint density at radius 3 is 2.03 bits per heavy atom. The maximum Gasteiger partial charge on any atom is 0.239 e. The molecule has 0 unspecified atom stereocenters. The average Bonchev–Trinajstić information content (AvgIpc) is 2.76. The number of amides is 2. The molecule has 6 heteroatoms. The highest BCUT2D eigenvalue weighted by atomic mass is 16.5. The summed E-state index contributed by atoms with van der Waals surface area (Å²) in [5, 5.41) is 14.6. The topological polar surface area (TPSA) is 91.2 Å². The smallest absolute Gasteiger partial charge is 0.239 e. The van der Waals surface area contributed by atoms with Crippen LogP contribution in [0.3, 0.4) is 0 Å². The molecule has 0 radical (unpaired) electrons. The standard InChI is InChI=1S/C24H21N3O3/c1-24(2,23(29)27-21-11-7-6-8-17(21)16-25)22(28)26-18-12-14-20(15-13-18)30-19-9-4-3-5-10-19/h3-15H,1-2H3,(H,26,28)(H,27,29). The molecule has 0 saturated heterocycles. The Morgan fingerprint density at radius 2 is 1.37 bits per heavy atom. The lowest BCUT2D eigenvalue weighted by atomic mass is 9.90. The second kappa shape index (κ2) is 8.93. The minimum Gasteiger partial charge on any atom is -0.457 e. The monoisotopic (exact) mass is 399 g/mol. The molecule has 2 N–H and O–H groups in total. The number of benzene rings is 3. The number of carbonyl (C=O) groups excluding carboxylic acids is 2. The van der Waals surface area contributed by atoms with Crippen molar-refractivity contribution < 1.29 is 14.3 Å². The van der Waals surface area contributed by atoms with Crippen LogP contribution in [0.5, 0.6) is 11.5 Å². The van der Waals surface area contributed by atoms with Crippen molar-refractivity contribution in [2.75, 3.05) is 10.6 Å². The van der Waals surface area contributed by atoms with E-state index in [4.69, 9.17) is 10.00 Å². The Hall–Kier alpha value is -4.11. The number of anilines is 2. The van der Waals surface area contributed by atoms with Crippen LogP contribution >= 0.6 is 0 Å². The van der Waals surface area contributed by atoms with Gasteiger partial charge in [-0.25, -0.2) is 0 Å². The number of hydrogen-bond acceptors (Lipinski definition) is 4. The fourth-order valence-electron chi connectivity index (χ4n) is 2.59. The van der Waals surface area contributed by atoms with Crippen molar-refractivity contribution in [3.63, 3.8) is 0 Å². The van der Waals surface area contributed by atoms with E-state index in [1.165, 1.54) is 13.8 Å². The number of hydrogen-bond donors (Lipinski definition) is 2. The second-order valence-corrected chi connectivity index (χ2v) is 7.13. The molecule has 0 spiro atoms. The number of nitriles is 1. The summed E-state index contributed by atoms with van der Waals surface area (Å²) in [5.41, 5.74) is -0.120. The molecule has 6 nitrogen and oxygen atoms in total. The largest absolute Gasteiger partial charge is 0.457 e. The van der Waals surface area contributed by atoms with E-state index in [1.807, 2.05) is 36.4 Å². The molecule has 0 aliphatic rings. The zero-order chi connectivity index (χ0) is 21.6. The Kier molecular flexibility index (Phi) is 6.14. The van der Waals surface area contributed by atoms with Gasteiger partial charge in [-0.1, -0.05) is 30.3 Å². The van der Waals surface area contributed by atoms with Gasteiger partial charge in [0.25, 0.3) is 0 Å². The molecule has 0 aliphatic heterocycles. The Balaban J connectivity index is 1.65. The summed E-state index contributed by atoms with van der Waals surface area (Å²) in [6, 6.07) is 24.9. The maximum atomic E-state index is 12.7. The fraction of sp³-hybridized carbons (Fsp3) is 0.125. The van der Waals surface area contributed by atoms with Crippen molar-refractivity contribution in [2.24, 2.45) is 5.41 Å². The van der Waals surface area contributed by atoms with E-state index in [0.29, 0.717) is 28.4 Å². The van der Waals surface area contributed by atoms with Crippen LogP contribution in [0.2, 0.25) is 0 Å². The van der Waals surface area contributed by atoms with Crippen molar-refractivity contribution in [1.82, 2.24) is 0 Å². The third kappa shape index (κ3) is 4.83. The molecule has 0 saturated carbocycles. The Morgan fingerprint density at radius 1 is 0.800 bits per heavy atom. The van der Waals surface area contributed by atoms with E-state index in [9.17, 15) is 9.59 Å². The number of nitrogens with zero attached hydrogens (tertiary/aromatic N) is 1. The highest BCUT2D eigenvalue weighted by Gasteiger charge is 2.36. The molecule has 3 rings (SSSR count). The normalized spacial score (nSPS) is 10.6. The van der Waals surface area contributed by atoms with Crippen LogP contribution in [0, 0.1) is 16.7 Å². The van der Waals surface area contributed by atoms with Gasteiger partial charge in [-0.05, 0) is 62.4 Å². The minimum absolute atomic E-state index is 0.330. The highest BCUT2D eigenvalue weighted by Crippen LogP contribution is 2.25. The Labute approximate surface area is 175 Å². The van der Waals surface area contributed by atoms with E-state index in [0.717, 1.165) is 0 Å². The van der Waals surface area contributed by atoms with Crippen molar-refractivity contribution in [2.45, 2.75) is 13.8 Å². The fourth-order valence-corrected chi connectivity index (χ4v) is 2.59. The van der Waals surface area contributed by atoms with Gasteiger partial charge in [0.15, 0.2) is 0 Å². The van der Waals surface area contributed by atoms with Gasteiger partial charge in [-0.15, -0.1) is 0 Å².